The lowest BCUT2D eigenvalue weighted by Gasteiger charge is -2.22. The molecule has 9 heteroatoms. The summed E-state index contributed by atoms with van der Waals surface area (Å²) in [7, 11) is 1.58. The van der Waals surface area contributed by atoms with Gasteiger partial charge in [0.05, 0.1) is 39.4 Å². The molecule has 1 saturated carbocycles. The molecule has 4 aromatic rings. The minimum Gasteiger partial charge on any atom is -0.493 e. The first-order valence-corrected chi connectivity index (χ1v) is 14.6. The first-order valence-electron chi connectivity index (χ1n) is 12.7. The number of fused-ring (bicyclic) bond motifs is 1. The van der Waals surface area contributed by atoms with Crippen LogP contribution in [0.25, 0.3) is 10.9 Å². The first kappa shape index (κ1) is 27.3. The van der Waals surface area contributed by atoms with Gasteiger partial charge in [0.25, 0.3) is 5.56 Å². The number of ether oxygens (including phenoxy) is 2. The molecule has 1 aliphatic carbocycles. The van der Waals surface area contributed by atoms with Crippen LogP contribution in [-0.2, 0) is 6.61 Å². The standard InChI is InChI=1S/C30H26BrIN4O3/c1-38-27-14-19(13-25(32)28(27)39-18-22-10-6-5-9-21(22)16-33)17-34-36-29(20-7-3-2-4-8-20)35-26-12-11-23(31)15-24(26)30(36)37/h5-6,9-15,17,20H,2-4,7-8,18H2,1H3. The first-order chi connectivity index (χ1) is 19.0. The van der Waals surface area contributed by atoms with Crippen molar-refractivity contribution in [3.8, 4) is 17.6 Å². The van der Waals surface area contributed by atoms with Crippen LogP contribution in [0.3, 0.4) is 0 Å². The van der Waals surface area contributed by atoms with Gasteiger partial charge in [0.2, 0.25) is 0 Å². The SMILES string of the molecule is COc1cc(C=Nn2c(C3CCCCC3)nc3ccc(Br)cc3c2=O)cc(I)c1OCc1ccccc1C#N. The van der Waals surface area contributed by atoms with Gasteiger partial charge in [-0.2, -0.15) is 15.0 Å². The fraction of sp³-hybridized carbons (Fsp3) is 0.267. The van der Waals surface area contributed by atoms with Crippen LogP contribution in [-0.4, -0.2) is 23.0 Å². The van der Waals surface area contributed by atoms with Gasteiger partial charge >= 0.3 is 0 Å². The van der Waals surface area contributed by atoms with E-state index in [1.54, 1.807) is 25.5 Å². The summed E-state index contributed by atoms with van der Waals surface area (Å²) >= 11 is 5.67. The van der Waals surface area contributed by atoms with Gasteiger partial charge in [-0.1, -0.05) is 53.4 Å². The summed E-state index contributed by atoms with van der Waals surface area (Å²) in [4.78, 5) is 18.5. The molecule has 39 heavy (non-hydrogen) atoms. The molecular formula is C30H26BrIN4O3. The molecule has 0 bridgehead atoms. The Bertz CT molecular complexity index is 1660. The number of nitriles is 1. The molecule has 0 spiro atoms. The summed E-state index contributed by atoms with van der Waals surface area (Å²) in [6.45, 7) is 0.238. The second kappa shape index (κ2) is 12.3. The molecule has 0 saturated heterocycles. The molecule has 198 valence electrons. The van der Waals surface area contributed by atoms with Gasteiger partial charge in [-0.3, -0.25) is 4.79 Å². The van der Waals surface area contributed by atoms with Crippen LogP contribution in [0.5, 0.6) is 11.5 Å². The minimum atomic E-state index is -0.184. The van der Waals surface area contributed by atoms with Crippen molar-refractivity contribution in [2.45, 2.75) is 44.6 Å². The van der Waals surface area contributed by atoms with Crippen molar-refractivity contribution in [2.24, 2.45) is 5.10 Å². The second-order valence-electron chi connectivity index (χ2n) is 9.42. The van der Waals surface area contributed by atoms with E-state index in [2.05, 4.69) is 49.7 Å². The van der Waals surface area contributed by atoms with Crippen molar-refractivity contribution in [3.63, 3.8) is 0 Å². The Labute approximate surface area is 248 Å². The zero-order valence-electron chi connectivity index (χ0n) is 21.4. The number of hydrogen-bond donors (Lipinski definition) is 0. The van der Waals surface area contributed by atoms with E-state index < -0.39 is 0 Å². The van der Waals surface area contributed by atoms with Gasteiger partial charge in [-0.25, -0.2) is 4.98 Å². The average molecular weight is 697 g/mol. The van der Waals surface area contributed by atoms with E-state index in [9.17, 15) is 10.1 Å². The maximum Gasteiger partial charge on any atom is 0.282 e. The normalized spacial score (nSPS) is 14.0. The summed E-state index contributed by atoms with van der Waals surface area (Å²) in [5, 5.41) is 14.6. The monoisotopic (exact) mass is 696 g/mol. The highest BCUT2D eigenvalue weighted by molar-refractivity contribution is 14.1. The molecule has 0 N–H and O–H groups in total. The molecule has 7 nitrogen and oxygen atoms in total. The summed E-state index contributed by atoms with van der Waals surface area (Å²) < 4.78 is 14.8. The lowest BCUT2D eigenvalue weighted by Crippen LogP contribution is -2.25. The number of nitrogens with zero attached hydrogens (tertiary/aromatic N) is 4. The number of rotatable bonds is 7. The lowest BCUT2D eigenvalue weighted by atomic mass is 9.88. The maximum atomic E-state index is 13.6. The summed E-state index contributed by atoms with van der Waals surface area (Å²) in [6, 6.07) is 18.9. The topological polar surface area (TPSA) is 89.5 Å². The van der Waals surface area contributed by atoms with Gasteiger partial charge in [0.1, 0.15) is 12.4 Å². The van der Waals surface area contributed by atoms with E-state index in [0.29, 0.717) is 33.8 Å². The van der Waals surface area contributed by atoms with Gasteiger partial charge in [0, 0.05) is 16.0 Å². The fourth-order valence-corrected chi connectivity index (χ4v) is 6.03. The van der Waals surface area contributed by atoms with Crippen molar-refractivity contribution < 1.29 is 9.47 Å². The molecule has 1 fully saturated rings. The molecule has 0 unspecified atom stereocenters. The molecular weight excluding hydrogens is 671 g/mol. The highest BCUT2D eigenvalue weighted by atomic mass is 127. The fourth-order valence-electron chi connectivity index (χ4n) is 4.89. The molecule has 1 aliphatic rings. The number of aromatic nitrogens is 2. The molecule has 3 aromatic carbocycles. The third-order valence-corrected chi connectivity index (χ3v) is 8.18. The van der Waals surface area contributed by atoms with E-state index >= 15 is 0 Å². The van der Waals surface area contributed by atoms with E-state index in [-0.39, 0.29) is 18.1 Å². The summed E-state index contributed by atoms with van der Waals surface area (Å²) in [5.74, 6) is 2.03. The third kappa shape index (κ3) is 6.02. The predicted octanol–water partition coefficient (Wildman–Crippen LogP) is 7.15. The highest BCUT2D eigenvalue weighted by Crippen LogP contribution is 2.35. The van der Waals surface area contributed by atoms with E-state index in [4.69, 9.17) is 14.5 Å². The van der Waals surface area contributed by atoms with E-state index in [1.165, 1.54) is 11.1 Å². The molecule has 1 aromatic heterocycles. The van der Waals surface area contributed by atoms with Crippen LogP contribution in [0.15, 0.2) is 69.0 Å². The molecule has 0 aliphatic heterocycles. The molecule has 0 radical (unpaired) electrons. The van der Waals surface area contributed by atoms with Gasteiger partial charge in [-0.05, 0) is 77.4 Å². The van der Waals surface area contributed by atoms with Gasteiger partial charge in [-0.15, -0.1) is 0 Å². The smallest absolute Gasteiger partial charge is 0.282 e. The number of hydrogen-bond acceptors (Lipinski definition) is 6. The average Bonchev–Trinajstić information content (AvgIpc) is 2.96. The highest BCUT2D eigenvalue weighted by Gasteiger charge is 2.22. The molecule has 1 heterocycles. The third-order valence-electron chi connectivity index (χ3n) is 6.89. The molecule has 0 amide bonds. The Morgan fingerprint density at radius 2 is 1.97 bits per heavy atom. The lowest BCUT2D eigenvalue weighted by molar-refractivity contribution is 0.282. The van der Waals surface area contributed by atoms with Crippen molar-refractivity contribution >= 4 is 55.6 Å². The molecule has 0 atom stereocenters. The summed E-state index contributed by atoms with van der Waals surface area (Å²) in [5.41, 5.74) is 2.64. The Morgan fingerprint density at radius 1 is 1.18 bits per heavy atom. The zero-order chi connectivity index (χ0) is 27.4. The Kier molecular flexibility index (Phi) is 8.63. The summed E-state index contributed by atoms with van der Waals surface area (Å²) in [6.07, 6.45) is 7.11. The quantitative estimate of drug-likeness (QED) is 0.151. The van der Waals surface area contributed by atoms with Crippen LogP contribution >= 0.6 is 38.5 Å². The van der Waals surface area contributed by atoms with Crippen LogP contribution in [0.4, 0.5) is 0 Å². The molecule has 5 rings (SSSR count). The zero-order valence-corrected chi connectivity index (χ0v) is 25.1. The van der Waals surface area contributed by atoms with Gasteiger partial charge < -0.3 is 9.47 Å². The van der Waals surface area contributed by atoms with Crippen molar-refractivity contribution in [1.29, 1.82) is 5.26 Å². The predicted molar refractivity (Wildman–Crippen MR) is 164 cm³/mol. The largest absolute Gasteiger partial charge is 0.493 e. The maximum absolute atomic E-state index is 13.6. The Balaban J connectivity index is 1.50. The minimum absolute atomic E-state index is 0.184. The van der Waals surface area contributed by atoms with Crippen LogP contribution in [0.2, 0.25) is 0 Å². The Morgan fingerprint density at radius 3 is 2.74 bits per heavy atom. The Hall–Kier alpha value is -3.23. The number of benzene rings is 3. The van der Waals surface area contributed by atoms with Gasteiger partial charge in [0.15, 0.2) is 11.5 Å². The van der Waals surface area contributed by atoms with Crippen molar-refractivity contribution in [1.82, 2.24) is 9.66 Å². The van der Waals surface area contributed by atoms with Crippen LogP contribution < -0.4 is 15.0 Å². The van der Waals surface area contributed by atoms with Crippen LogP contribution in [0, 0.1) is 14.9 Å². The van der Waals surface area contributed by atoms with E-state index in [1.807, 2.05) is 42.5 Å². The van der Waals surface area contributed by atoms with E-state index in [0.717, 1.165) is 44.9 Å². The number of halogens is 2. The second-order valence-corrected chi connectivity index (χ2v) is 11.5. The van der Waals surface area contributed by atoms with Crippen LogP contribution in [0.1, 0.15) is 60.5 Å². The van der Waals surface area contributed by atoms with Crippen molar-refractivity contribution in [2.75, 3.05) is 7.11 Å². The number of methoxy groups -OCH3 is 1. The van der Waals surface area contributed by atoms with Crippen molar-refractivity contribution in [3.05, 3.63) is 95.5 Å².